The second kappa shape index (κ2) is 36.7. The normalized spacial score (nSPS) is 10.1. The summed E-state index contributed by atoms with van der Waals surface area (Å²) in [5.74, 6) is 0. The molecule has 0 aliphatic carbocycles. The topological polar surface area (TPSA) is 284 Å². The van der Waals surface area contributed by atoms with Gasteiger partial charge in [0.05, 0.1) is 12.1 Å². The second-order valence-corrected chi connectivity index (χ2v) is 15.7. The smallest absolute Gasteiger partial charge is 0.741 e. The van der Waals surface area contributed by atoms with E-state index in [9.17, 15) is 39.5 Å². The van der Waals surface area contributed by atoms with Crippen LogP contribution in [-0.4, -0.2) is 132 Å². The Bertz CT molecular complexity index is 1980. The van der Waals surface area contributed by atoms with Crippen LogP contribution in [0.4, 0.5) is 62.3 Å². The molecule has 0 amide bonds. The van der Waals surface area contributed by atoms with Gasteiger partial charge in [0, 0.05) is 143 Å². The summed E-state index contributed by atoms with van der Waals surface area (Å²) in [6.07, 6.45) is 14.3. The van der Waals surface area contributed by atoms with Crippen molar-refractivity contribution in [2.24, 2.45) is 0 Å². The van der Waals surface area contributed by atoms with Crippen LogP contribution < -0.4 is 19.6 Å². The molecule has 382 valence electrons. The van der Waals surface area contributed by atoms with Gasteiger partial charge < -0.3 is 33.3 Å². The third-order valence-electron chi connectivity index (χ3n) is 5.57. The van der Waals surface area contributed by atoms with Crippen LogP contribution in [0, 0.1) is 22.7 Å². The molecule has 0 spiro atoms. The zero-order valence-electron chi connectivity index (χ0n) is 36.8. The maximum Gasteiger partial charge on any atom is 3.00 e. The van der Waals surface area contributed by atoms with Crippen LogP contribution in [0.1, 0.15) is 13.8 Å². The number of halogens is 9. The molecule has 0 aromatic carbocycles. The van der Waals surface area contributed by atoms with Crippen LogP contribution >= 0.6 is 0 Å². The quantitative estimate of drug-likeness (QED) is 0.101. The first-order valence-corrected chi connectivity index (χ1v) is 21.0. The van der Waals surface area contributed by atoms with Crippen LogP contribution in [0.25, 0.3) is 0 Å². The van der Waals surface area contributed by atoms with E-state index in [2.05, 4.69) is 19.9 Å². The van der Waals surface area contributed by atoms with Crippen molar-refractivity contribution in [1.29, 1.82) is 10.5 Å². The van der Waals surface area contributed by atoms with Crippen molar-refractivity contribution in [2.45, 2.75) is 30.4 Å². The van der Waals surface area contributed by atoms with Crippen molar-refractivity contribution in [2.75, 3.05) is 76.0 Å². The predicted molar refractivity (Wildman–Crippen MR) is 224 cm³/mol. The molecule has 0 fully saturated rings. The molecule has 4 aromatic rings. The first kappa shape index (κ1) is 73.2. The Labute approximate surface area is 399 Å². The van der Waals surface area contributed by atoms with Gasteiger partial charge in [0.15, 0.2) is 30.4 Å². The van der Waals surface area contributed by atoms with Crippen LogP contribution in [0.15, 0.2) is 98.1 Å². The van der Waals surface area contributed by atoms with Gasteiger partial charge in [0.1, 0.15) is 0 Å². The molecule has 4 heterocycles. The van der Waals surface area contributed by atoms with Gasteiger partial charge in [-0.2, -0.15) is 50.0 Å². The van der Waals surface area contributed by atoms with Crippen molar-refractivity contribution in [3.8, 4) is 12.1 Å². The largest absolute Gasteiger partial charge is 3.00 e. The molecular weight excluding hydrogens is 1170 g/mol. The van der Waals surface area contributed by atoms with E-state index in [-0.39, 0.29) is 22.4 Å². The molecule has 0 radical (unpaired) electrons. The number of nitriles is 2. The summed E-state index contributed by atoms with van der Waals surface area (Å²) in [5, 5.41) is 14.6. The first-order valence-electron chi connectivity index (χ1n) is 16.8. The van der Waals surface area contributed by atoms with Gasteiger partial charge in [-0.05, 0) is 48.5 Å². The van der Waals surface area contributed by atoms with Crippen LogP contribution in [-0.2, 0) is 52.7 Å². The number of hydrogen-bond donors (Lipinski definition) is 0. The fraction of sp³-hybridized carbons (Fsp3) is 0.371. The number of pyridine rings is 4. The molecule has 0 unspecified atom stereocenters. The van der Waals surface area contributed by atoms with E-state index >= 15 is 0 Å². The Morgan fingerprint density at radius 1 is 0.403 bits per heavy atom. The van der Waals surface area contributed by atoms with Gasteiger partial charge in [-0.15, -0.1) is 0 Å². The summed E-state index contributed by atoms with van der Waals surface area (Å²) in [7, 11) is -2.20. The van der Waals surface area contributed by atoms with Crippen molar-refractivity contribution >= 4 is 53.1 Å². The fourth-order valence-corrected chi connectivity index (χ4v) is 2.57. The zero-order valence-corrected chi connectivity index (χ0v) is 41.4. The van der Waals surface area contributed by atoms with E-state index in [1.807, 2.05) is 125 Å². The number of rotatable bonds is 4. The Morgan fingerprint density at radius 2 is 0.493 bits per heavy atom. The predicted octanol–water partition coefficient (Wildman–Crippen LogP) is 5.80. The van der Waals surface area contributed by atoms with Crippen LogP contribution in [0.2, 0.25) is 0 Å². The summed E-state index contributed by atoms with van der Waals surface area (Å²) < 4.78 is 177. The minimum absolute atomic E-state index is 0. The molecule has 19 nitrogen and oxygen atoms in total. The molecule has 4 aromatic heterocycles. The summed E-state index contributed by atoms with van der Waals surface area (Å²) in [6.45, 7) is 2.86. The summed E-state index contributed by atoms with van der Waals surface area (Å²) >= 11 is 0. The van der Waals surface area contributed by atoms with Gasteiger partial charge in [-0.1, -0.05) is 0 Å². The van der Waals surface area contributed by atoms with E-state index in [0.29, 0.717) is 0 Å². The maximum absolute atomic E-state index is 10.7. The maximum atomic E-state index is 10.7. The van der Waals surface area contributed by atoms with Gasteiger partial charge in [0.2, 0.25) is 0 Å². The number of aromatic nitrogens is 4. The van der Waals surface area contributed by atoms with E-state index in [0.717, 1.165) is 0 Å². The van der Waals surface area contributed by atoms with Crippen molar-refractivity contribution in [1.82, 2.24) is 19.9 Å². The summed E-state index contributed by atoms with van der Waals surface area (Å²) in [5.41, 5.74) is -12.2. The van der Waals surface area contributed by atoms with Crippen molar-refractivity contribution in [3.05, 3.63) is 98.1 Å². The molecule has 0 saturated carbocycles. The molecule has 0 atom stereocenters. The molecule has 4 rings (SSSR count). The molecule has 0 bridgehead atoms. The number of hydrogen-bond acceptors (Lipinski definition) is 19. The van der Waals surface area contributed by atoms with E-state index in [1.165, 1.54) is 36.6 Å². The van der Waals surface area contributed by atoms with Gasteiger partial charge >= 0.3 is 38.9 Å². The third-order valence-corrected chi connectivity index (χ3v) is 7.27. The Balaban J connectivity index is -0.000000158. The monoisotopic (exact) mass is 1210 g/mol. The number of anilines is 4. The second-order valence-electron chi connectivity index (χ2n) is 11.5. The summed E-state index contributed by atoms with van der Waals surface area (Å²) in [6, 6.07) is 19.3. The molecule has 0 saturated heterocycles. The fourth-order valence-electron chi connectivity index (χ4n) is 2.57. The molecule has 0 aliphatic heterocycles. The Morgan fingerprint density at radius 3 is 0.537 bits per heavy atom. The van der Waals surface area contributed by atoms with E-state index < -0.39 is 46.9 Å². The molecule has 67 heavy (non-hydrogen) atoms. The third kappa shape index (κ3) is 43.0. The van der Waals surface area contributed by atoms with Crippen molar-refractivity contribution < 1.29 is 101 Å². The Hall–Kier alpha value is -5.38. The first-order chi connectivity index (χ1) is 29.8. The standard InChI is InChI=1S/4C7H10N2.2C2H3N.3CHF3O3S.Au/c4*1-9(2)7-3-5-8-6-4-7;2*1-2-3;3*2-1(3,4)8(5,6)7;/h4*3-6H,1-2H3;2*1H3;3*(H,5,6,7);/q;;;;;;;;;+3/p-3. The average molecular weight is 1210 g/mol. The molecule has 0 aliphatic rings. The minimum atomic E-state index is -6.09. The number of nitrogens with zero attached hydrogens (tertiary/aromatic N) is 10. The van der Waals surface area contributed by atoms with E-state index in [1.54, 1.807) is 61.7 Å². The van der Waals surface area contributed by atoms with Gasteiger partial charge in [-0.25, -0.2) is 25.3 Å². The molecular formula is C35H46AuF9N10O9S3. The number of alkyl halides is 9. The van der Waals surface area contributed by atoms with Crippen molar-refractivity contribution in [3.63, 3.8) is 0 Å². The average Bonchev–Trinajstić information content (AvgIpc) is 3.19. The molecule has 0 N–H and O–H groups in total. The van der Waals surface area contributed by atoms with Crippen LogP contribution in [0.3, 0.4) is 0 Å². The van der Waals surface area contributed by atoms with Crippen LogP contribution in [0.5, 0.6) is 0 Å². The van der Waals surface area contributed by atoms with Gasteiger partial charge in [0.25, 0.3) is 0 Å². The SMILES string of the molecule is CC#N.CC#N.CN(C)c1ccncc1.CN(C)c1ccncc1.CN(C)c1ccncc1.CN(C)c1ccncc1.O=S(=O)([O-])C(F)(F)F.O=S(=O)([O-])C(F)(F)F.O=S(=O)([O-])C(F)(F)F.[Au+3]. The summed E-state index contributed by atoms with van der Waals surface area (Å²) in [4.78, 5) is 23.8. The minimum Gasteiger partial charge on any atom is -0.741 e. The van der Waals surface area contributed by atoms with Gasteiger partial charge in [-0.3, -0.25) is 19.9 Å². The van der Waals surface area contributed by atoms with E-state index in [4.69, 9.17) is 49.4 Å². The Kier molecular flexibility index (Phi) is 40.1. The molecule has 32 heteroatoms. The zero-order chi connectivity index (χ0) is 53.2.